The molecule has 0 bridgehead atoms. The molecule has 206 valence electrons. The zero-order chi connectivity index (χ0) is 26.3. The molecule has 1 aromatic heterocycles. The van der Waals surface area contributed by atoms with Crippen molar-refractivity contribution in [3.63, 3.8) is 0 Å². The largest absolute Gasteiger partial charge is 0.486 e. The van der Waals surface area contributed by atoms with E-state index in [2.05, 4.69) is 46.4 Å². The molecule has 1 unspecified atom stereocenters. The van der Waals surface area contributed by atoms with Crippen LogP contribution in [0.15, 0.2) is 42.5 Å². The lowest BCUT2D eigenvalue weighted by Gasteiger charge is -2.39. The molecule has 5 nitrogen and oxygen atoms in total. The Balaban J connectivity index is 1.21. The van der Waals surface area contributed by atoms with Gasteiger partial charge < -0.3 is 19.1 Å². The predicted octanol–water partition coefficient (Wildman–Crippen LogP) is 7.33. The van der Waals surface area contributed by atoms with E-state index in [4.69, 9.17) is 21.3 Å². The number of benzene rings is 2. The van der Waals surface area contributed by atoms with Gasteiger partial charge in [0.05, 0.1) is 11.0 Å². The molecule has 0 N–H and O–H groups in total. The molecule has 0 saturated carbocycles. The molecule has 2 aliphatic heterocycles. The molecule has 0 aliphatic carbocycles. The van der Waals surface area contributed by atoms with Crippen LogP contribution in [0.5, 0.6) is 5.75 Å². The lowest BCUT2D eigenvalue weighted by molar-refractivity contribution is 0.103. The third-order valence-corrected chi connectivity index (χ3v) is 8.86. The molecule has 0 radical (unpaired) electrons. The van der Waals surface area contributed by atoms with Crippen LogP contribution >= 0.6 is 11.6 Å². The number of ether oxygens (including phenoxy) is 1. The third kappa shape index (κ3) is 7.11. The molecule has 3 heterocycles. The highest BCUT2D eigenvalue weighted by molar-refractivity contribution is 6.30. The van der Waals surface area contributed by atoms with E-state index in [0.717, 1.165) is 41.1 Å². The summed E-state index contributed by atoms with van der Waals surface area (Å²) in [5.74, 6) is 2.45. The number of likely N-dealkylation sites (tertiary alicyclic amines) is 2. The number of rotatable bonds is 11. The predicted molar refractivity (Wildman–Crippen MR) is 158 cm³/mol. The van der Waals surface area contributed by atoms with E-state index in [1.54, 1.807) is 0 Å². The Hall–Kier alpha value is -2.08. The van der Waals surface area contributed by atoms with Crippen molar-refractivity contribution < 1.29 is 4.74 Å². The SMILES string of the molecule is Cc1cccc2c1nc(COc1ccc(Cl)cc1)n2CCC(C)CN1CCCC[C@H]1CCN1CCCCC1. The lowest BCUT2D eigenvalue weighted by atomic mass is 9.96. The van der Waals surface area contributed by atoms with E-state index < -0.39 is 0 Å². The number of hydrogen-bond donors (Lipinski definition) is 0. The summed E-state index contributed by atoms with van der Waals surface area (Å²) >= 11 is 6.05. The first kappa shape index (κ1) is 27.5. The number of piperidine rings is 2. The Bertz CT molecular complexity index is 1150. The van der Waals surface area contributed by atoms with Gasteiger partial charge in [0.2, 0.25) is 0 Å². The summed E-state index contributed by atoms with van der Waals surface area (Å²) in [6.45, 7) is 12.4. The summed E-state index contributed by atoms with van der Waals surface area (Å²) in [6.07, 6.45) is 10.8. The molecule has 2 aromatic carbocycles. The fourth-order valence-corrected chi connectivity index (χ4v) is 6.48. The molecule has 0 amide bonds. The monoisotopic (exact) mass is 536 g/mol. The number of hydrogen-bond acceptors (Lipinski definition) is 4. The summed E-state index contributed by atoms with van der Waals surface area (Å²) in [5, 5.41) is 0.719. The Morgan fingerprint density at radius 2 is 1.76 bits per heavy atom. The van der Waals surface area contributed by atoms with Gasteiger partial charge in [-0.1, -0.05) is 43.5 Å². The summed E-state index contributed by atoms with van der Waals surface area (Å²) in [7, 11) is 0. The van der Waals surface area contributed by atoms with E-state index in [1.165, 1.54) is 88.7 Å². The maximum atomic E-state index is 6.12. The maximum absolute atomic E-state index is 6.12. The Morgan fingerprint density at radius 3 is 2.58 bits per heavy atom. The van der Waals surface area contributed by atoms with Gasteiger partial charge >= 0.3 is 0 Å². The second-order valence-corrected chi connectivity index (χ2v) is 12.0. The van der Waals surface area contributed by atoms with Gasteiger partial charge in [-0.2, -0.15) is 0 Å². The first-order valence-electron chi connectivity index (χ1n) is 14.9. The quantitative estimate of drug-likeness (QED) is 0.257. The normalized spacial score (nSPS) is 20.1. The number of para-hydroxylation sites is 1. The van der Waals surface area contributed by atoms with Crippen molar-refractivity contribution in [2.45, 2.75) is 84.4 Å². The molecule has 2 atom stereocenters. The number of aryl methyl sites for hydroxylation is 2. The van der Waals surface area contributed by atoms with Crippen molar-refractivity contribution in [3.8, 4) is 5.75 Å². The average molecular weight is 537 g/mol. The number of fused-ring (bicyclic) bond motifs is 1. The van der Waals surface area contributed by atoms with Crippen LogP contribution in [0, 0.1) is 12.8 Å². The lowest BCUT2D eigenvalue weighted by Crippen LogP contribution is -2.44. The zero-order valence-corrected chi connectivity index (χ0v) is 24.1. The van der Waals surface area contributed by atoms with Gasteiger partial charge in [-0.15, -0.1) is 0 Å². The smallest absolute Gasteiger partial charge is 0.148 e. The van der Waals surface area contributed by atoms with Crippen LogP contribution in [-0.2, 0) is 13.2 Å². The highest BCUT2D eigenvalue weighted by Crippen LogP contribution is 2.25. The Kier molecular flexibility index (Phi) is 9.63. The Morgan fingerprint density at radius 1 is 0.974 bits per heavy atom. The zero-order valence-electron chi connectivity index (χ0n) is 23.4. The molecule has 5 rings (SSSR count). The maximum Gasteiger partial charge on any atom is 0.148 e. The van der Waals surface area contributed by atoms with Gasteiger partial charge in [-0.3, -0.25) is 0 Å². The number of aromatic nitrogens is 2. The number of nitrogens with zero attached hydrogens (tertiary/aromatic N) is 4. The molecular weight excluding hydrogens is 492 g/mol. The highest BCUT2D eigenvalue weighted by atomic mass is 35.5. The van der Waals surface area contributed by atoms with Crippen LogP contribution in [0.25, 0.3) is 11.0 Å². The topological polar surface area (TPSA) is 33.5 Å². The van der Waals surface area contributed by atoms with E-state index in [9.17, 15) is 0 Å². The van der Waals surface area contributed by atoms with Crippen molar-refractivity contribution in [1.82, 2.24) is 19.4 Å². The standard InChI is InChI=1S/C32H45ClN4O/c1-25(23-36-20-7-4-10-28(36)17-21-35-18-5-3-6-19-35)16-22-37-30-11-8-9-26(2)32(30)34-31(37)24-38-29-14-12-27(33)13-15-29/h8-9,11-15,25,28H,3-7,10,16-24H2,1-2H3/t25?,28-/m0/s1. The first-order valence-corrected chi connectivity index (χ1v) is 15.2. The van der Waals surface area contributed by atoms with Crippen molar-refractivity contribution in [1.29, 1.82) is 0 Å². The van der Waals surface area contributed by atoms with Crippen LogP contribution < -0.4 is 4.74 Å². The van der Waals surface area contributed by atoms with Gasteiger partial charge in [-0.25, -0.2) is 4.98 Å². The average Bonchev–Trinajstić information content (AvgIpc) is 3.30. The van der Waals surface area contributed by atoms with E-state index in [-0.39, 0.29) is 0 Å². The highest BCUT2D eigenvalue weighted by Gasteiger charge is 2.25. The second-order valence-electron chi connectivity index (χ2n) is 11.6. The first-order chi connectivity index (χ1) is 18.6. The van der Waals surface area contributed by atoms with E-state index in [0.29, 0.717) is 12.5 Å². The van der Waals surface area contributed by atoms with Gasteiger partial charge in [0, 0.05) is 24.2 Å². The van der Waals surface area contributed by atoms with Crippen molar-refractivity contribution >= 4 is 22.6 Å². The van der Waals surface area contributed by atoms with E-state index in [1.807, 2.05) is 24.3 Å². The third-order valence-electron chi connectivity index (χ3n) is 8.61. The summed E-state index contributed by atoms with van der Waals surface area (Å²) < 4.78 is 8.51. The molecule has 3 aromatic rings. The summed E-state index contributed by atoms with van der Waals surface area (Å²) in [4.78, 5) is 10.5. The van der Waals surface area contributed by atoms with Gasteiger partial charge in [0.25, 0.3) is 0 Å². The molecule has 2 saturated heterocycles. The molecule has 38 heavy (non-hydrogen) atoms. The van der Waals surface area contributed by atoms with Crippen LogP contribution in [0.1, 0.15) is 69.7 Å². The van der Waals surface area contributed by atoms with Gasteiger partial charge in [0.15, 0.2) is 0 Å². The molecule has 2 aliphatic rings. The van der Waals surface area contributed by atoms with Crippen LogP contribution in [0.3, 0.4) is 0 Å². The second kappa shape index (κ2) is 13.3. The van der Waals surface area contributed by atoms with Crippen molar-refractivity contribution in [2.75, 3.05) is 32.7 Å². The van der Waals surface area contributed by atoms with Crippen LogP contribution in [0.4, 0.5) is 0 Å². The fourth-order valence-electron chi connectivity index (χ4n) is 6.36. The Labute approximate surface area is 234 Å². The fraction of sp³-hybridized carbons (Fsp3) is 0.594. The van der Waals surface area contributed by atoms with Crippen LogP contribution in [-0.4, -0.2) is 58.1 Å². The van der Waals surface area contributed by atoms with E-state index >= 15 is 0 Å². The summed E-state index contributed by atoms with van der Waals surface area (Å²) in [5.41, 5.74) is 3.51. The molecular formula is C32H45ClN4O. The molecule has 2 fully saturated rings. The summed E-state index contributed by atoms with van der Waals surface area (Å²) in [6, 6.07) is 14.8. The molecule has 6 heteroatoms. The van der Waals surface area contributed by atoms with Crippen molar-refractivity contribution in [3.05, 3.63) is 58.9 Å². The minimum Gasteiger partial charge on any atom is -0.486 e. The minimum absolute atomic E-state index is 0.453. The van der Waals surface area contributed by atoms with Gasteiger partial charge in [-0.05, 0) is 113 Å². The van der Waals surface area contributed by atoms with Crippen molar-refractivity contribution in [2.24, 2.45) is 5.92 Å². The minimum atomic E-state index is 0.453. The number of halogens is 1. The van der Waals surface area contributed by atoms with Gasteiger partial charge in [0.1, 0.15) is 18.2 Å². The number of imidazole rings is 1. The van der Waals surface area contributed by atoms with Crippen LogP contribution in [0.2, 0.25) is 5.02 Å². The molecule has 0 spiro atoms.